The van der Waals surface area contributed by atoms with Crippen molar-refractivity contribution in [3.8, 4) is 0 Å². The van der Waals surface area contributed by atoms with Gasteiger partial charge in [0, 0.05) is 34.3 Å². The van der Waals surface area contributed by atoms with Gasteiger partial charge in [-0.05, 0) is 26.8 Å². The van der Waals surface area contributed by atoms with E-state index in [4.69, 9.17) is 9.47 Å². The molecular formula is C20H25N3O7S2. The van der Waals surface area contributed by atoms with Crippen molar-refractivity contribution in [2.24, 2.45) is 0 Å². The van der Waals surface area contributed by atoms with Crippen molar-refractivity contribution in [1.82, 2.24) is 10.6 Å². The number of allylic oxidation sites excluding steroid dienone is 1. The van der Waals surface area contributed by atoms with Crippen LogP contribution in [0.2, 0.25) is 0 Å². The standard InChI is InChI=1S/C20H25N3O7S2/c1-5-30-20(26)17-14(9-31-7-6-21-10-24)22-12(3)15(19(25)29-4)16(17)13-8-11(2)32-18(13)23(27)28/h8,10,16,22H,5-7,9H2,1-4H3,(H,21,24). The lowest BCUT2D eigenvalue weighted by Crippen LogP contribution is -2.34. The predicted molar refractivity (Wildman–Crippen MR) is 121 cm³/mol. The lowest BCUT2D eigenvalue weighted by molar-refractivity contribution is -0.380. The maximum absolute atomic E-state index is 13.0. The third kappa shape index (κ3) is 5.68. The molecule has 0 spiro atoms. The van der Waals surface area contributed by atoms with Gasteiger partial charge in [-0.3, -0.25) is 14.9 Å². The summed E-state index contributed by atoms with van der Waals surface area (Å²) >= 11 is 2.43. The summed E-state index contributed by atoms with van der Waals surface area (Å²) in [5.41, 5.74) is 1.43. The number of nitrogens with one attached hydrogen (secondary N) is 2. The molecule has 10 nitrogen and oxygen atoms in total. The van der Waals surface area contributed by atoms with Gasteiger partial charge in [0.1, 0.15) is 0 Å². The van der Waals surface area contributed by atoms with E-state index < -0.39 is 22.8 Å². The molecule has 1 aliphatic heterocycles. The van der Waals surface area contributed by atoms with Crippen LogP contribution in [-0.2, 0) is 23.9 Å². The van der Waals surface area contributed by atoms with Crippen molar-refractivity contribution in [3.05, 3.63) is 49.2 Å². The molecule has 0 aliphatic carbocycles. The molecule has 0 saturated carbocycles. The predicted octanol–water partition coefficient (Wildman–Crippen LogP) is 2.39. The van der Waals surface area contributed by atoms with Gasteiger partial charge in [0.25, 0.3) is 0 Å². The van der Waals surface area contributed by atoms with Crippen LogP contribution in [-0.4, -0.2) is 55.0 Å². The minimum Gasteiger partial charge on any atom is -0.466 e. The van der Waals surface area contributed by atoms with Gasteiger partial charge in [-0.2, -0.15) is 11.8 Å². The zero-order chi connectivity index (χ0) is 23.8. The first kappa shape index (κ1) is 25.4. The van der Waals surface area contributed by atoms with Gasteiger partial charge < -0.3 is 20.1 Å². The highest BCUT2D eigenvalue weighted by Crippen LogP contribution is 2.46. The molecule has 0 fully saturated rings. The Kier molecular flexibility index (Phi) is 9.27. The van der Waals surface area contributed by atoms with Crippen LogP contribution >= 0.6 is 23.1 Å². The minimum atomic E-state index is -1.02. The summed E-state index contributed by atoms with van der Waals surface area (Å²) in [4.78, 5) is 48.1. The quantitative estimate of drug-likeness (QED) is 0.160. The molecule has 1 aromatic rings. The maximum atomic E-state index is 13.0. The number of esters is 2. The van der Waals surface area contributed by atoms with Crippen LogP contribution in [0.5, 0.6) is 0 Å². The topological polar surface area (TPSA) is 137 Å². The SMILES string of the molecule is CCOC(=O)C1=C(CSCCNC=O)NC(C)=C(C(=O)OC)C1c1cc(C)sc1[N+](=O)[O-]. The highest BCUT2D eigenvalue weighted by molar-refractivity contribution is 7.99. The van der Waals surface area contributed by atoms with E-state index in [9.17, 15) is 24.5 Å². The number of carbonyl (C=O) groups is 3. The van der Waals surface area contributed by atoms with Crippen LogP contribution < -0.4 is 10.6 Å². The Labute approximate surface area is 193 Å². The van der Waals surface area contributed by atoms with E-state index in [1.165, 1.54) is 18.9 Å². The van der Waals surface area contributed by atoms with Crippen LogP contribution in [0.3, 0.4) is 0 Å². The van der Waals surface area contributed by atoms with E-state index in [1.807, 2.05) is 0 Å². The summed E-state index contributed by atoms with van der Waals surface area (Å²) < 4.78 is 10.2. The maximum Gasteiger partial charge on any atom is 0.336 e. The monoisotopic (exact) mass is 483 g/mol. The number of thiophene rings is 1. The van der Waals surface area contributed by atoms with Crippen molar-refractivity contribution in [1.29, 1.82) is 0 Å². The molecule has 2 heterocycles. The van der Waals surface area contributed by atoms with Crippen molar-refractivity contribution in [2.45, 2.75) is 26.7 Å². The molecule has 32 heavy (non-hydrogen) atoms. The second-order valence-electron chi connectivity index (χ2n) is 6.70. The summed E-state index contributed by atoms with van der Waals surface area (Å²) in [5, 5.41) is 17.3. The molecule has 1 unspecified atom stereocenters. The van der Waals surface area contributed by atoms with Crippen LogP contribution in [0.4, 0.5) is 5.00 Å². The lowest BCUT2D eigenvalue weighted by Gasteiger charge is -2.30. The number of hydrogen-bond acceptors (Lipinski definition) is 10. The Morgan fingerprint density at radius 1 is 1.34 bits per heavy atom. The fourth-order valence-electron chi connectivity index (χ4n) is 3.39. The Morgan fingerprint density at radius 2 is 2.06 bits per heavy atom. The number of ether oxygens (including phenoxy) is 2. The van der Waals surface area contributed by atoms with Crippen molar-refractivity contribution >= 4 is 46.4 Å². The van der Waals surface area contributed by atoms with E-state index in [0.29, 0.717) is 40.7 Å². The molecule has 2 rings (SSSR count). The molecule has 12 heteroatoms. The van der Waals surface area contributed by atoms with Gasteiger partial charge in [0.05, 0.1) is 41.3 Å². The van der Waals surface area contributed by atoms with Gasteiger partial charge in [-0.25, -0.2) is 9.59 Å². The Hall–Kier alpha value is -2.86. The summed E-state index contributed by atoms with van der Waals surface area (Å²) in [6, 6.07) is 1.62. The first-order valence-corrected chi connectivity index (χ1v) is 11.7. The lowest BCUT2D eigenvalue weighted by atomic mass is 9.81. The van der Waals surface area contributed by atoms with Gasteiger partial charge in [-0.1, -0.05) is 11.3 Å². The molecule has 1 atom stereocenters. The number of thioether (sulfide) groups is 1. The normalized spacial score (nSPS) is 15.8. The smallest absolute Gasteiger partial charge is 0.336 e. The van der Waals surface area contributed by atoms with E-state index in [0.717, 1.165) is 11.3 Å². The van der Waals surface area contributed by atoms with Crippen LogP contribution in [0.1, 0.15) is 30.2 Å². The second-order valence-corrected chi connectivity index (χ2v) is 9.04. The fourth-order valence-corrected chi connectivity index (χ4v) is 5.09. The molecule has 0 saturated heterocycles. The molecule has 1 aromatic heterocycles. The van der Waals surface area contributed by atoms with Gasteiger partial charge >= 0.3 is 16.9 Å². The number of rotatable bonds is 11. The van der Waals surface area contributed by atoms with Crippen molar-refractivity contribution < 1.29 is 28.8 Å². The number of methoxy groups -OCH3 is 1. The Bertz CT molecular complexity index is 968. The van der Waals surface area contributed by atoms with E-state index in [2.05, 4.69) is 10.6 Å². The molecular weight excluding hydrogens is 458 g/mol. The average molecular weight is 484 g/mol. The number of amides is 1. The highest BCUT2D eigenvalue weighted by Gasteiger charge is 2.42. The highest BCUT2D eigenvalue weighted by atomic mass is 32.2. The van der Waals surface area contributed by atoms with E-state index in [-0.39, 0.29) is 28.3 Å². The van der Waals surface area contributed by atoms with E-state index in [1.54, 1.807) is 26.8 Å². The molecule has 0 radical (unpaired) electrons. The van der Waals surface area contributed by atoms with Crippen LogP contribution in [0.15, 0.2) is 28.6 Å². The summed E-state index contributed by atoms with van der Waals surface area (Å²) in [7, 11) is 1.21. The van der Waals surface area contributed by atoms with Crippen molar-refractivity contribution in [2.75, 3.05) is 31.8 Å². The molecule has 2 N–H and O–H groups in total. The summed E-state index contributed by atoms with van der Waals surface area (Å²) in [6.45, 7) is 5.57. The second kappa shape index (κ2) is 11.7. The molecule has 174 valence electrons. The number of nitrogens with zero attached hydrogens (tertiary/aromatic N) is 1. The van der Waals surface area contributed by atoms with Gasteiger partial charge in [0.2, 0.25) is 6.41 Å². The Morgan fingerprint density at radius 3 is 2.66 bits per heavy atom. The molecule has 0 bridgehead atoms. The number of aryl methyl sites for hydroxylation is 1. The molecule has 1 amide bonds. The zero-order valence-electron chi connectivity index (χ0n) is 18.2. The Balaban J connectivity index is 2.66. The van der Waals surface area contributed by atoms with Crippen LogP contribution in [0.25, 0.3) is 0 Å². The van der Waals surface area contributed by atoms with Gasteiger partial charge in [0.15, 0.2) is 0 Å². The largest absolute Gasteiger partial charge is 0.466 e. The molecule has 1 aliphatic rings. The minimum absolute atomic E-state index is 0.0970. The van der Waals surface area contributed by atoms with E-state index >= 15 is 0 Å². The van der Waals surface area contributed by atoms with Crippen molar-refractivity contribution in [3.63, 3.8) is 0 Å². The third-order valence-corrected chi connectivity index (χ3v) is 6.61. The number of dihydropyridines is 1. The summed E-state index contributed by atoms with van der Waals surface area (Å²) in [5.74, 6) is -1.46. The third-order valence-electron chi connectivity index (χ3n) is 4.61. The number of nitro groups is 1. The number of carbonyl (C=O) groups excluding carboxylic acids is 3. The van der Waals surface area contributed by atoms with Gasteiger partial charge in [-0.15, -0.1) is 0 Å². The average Bonchev–Trinajstić information content (AvgIpc) is 3.14. The first-order valence-electron chi connectivity index (χ1n) is 9.72. The first-order chi connectivity index (χ1) is 15.3. The summed E-state index contributed by atoms with van der Waals surface area (Å²) in [6.07, 6.45) is 0.603. The molecule has 0 aromatic carbocycles. The fraction of sp³-hybridized carbons (Fsp3) is 0.450. The zero-order valence-corrected chi connectivity index (χ0v) is 19.8. The number of hydrogen-bond donors (Lipinski definition) is 2. The van der Waals surface area contributed by atoms with Crippen LogP contribution in [0, 0.1) is 17.0 Å².